The number of aromatic nitrogens is 2. The van der Waals surface area contributed by atoms with Crippen molar-refractivity contribution in [2.45, 2.75) is 25.4 Å². The van der Waals surface area contributed by atoms with Crippen LogP contribution in [0.25, 0.3) is 11.4 Å². The van der Waals surface area contributed by atoms with Crippen molar-refractivity contribution in [1.29, 1.82) is 0 Å². The molecule has 1 saturated carbocycles. The van der Waals surface area contributed by atoms with E-state index in [1.54, 1.807) is 24.3 Å². The molecule has 0 aliphatic heterocycles. The van der Waals surface area contributed by atoms with E-state index in [1.807, 2.05) is 0 Å². The molecule has 2 N–H and O–H groups in total. The molecular weight excluding hydrogens is 270 g/mol. The number of hydrogen-bond acceptors (Lipinski definition) is 5. The van der Waals surface area contributed by atoms with E-state index in [1.165, 1.54) is 6.39 Å². The van der Waals surface area contributed by atoms with E-state index in [0.29, 0.717) is 17.9 Å². The lowest BCUT2D eigenvalue weighted by molar-refractivity contribution is 0.0917. The smallest absolute Gasteiger partial charge is 0.251 e. The van der Waals surface area contributed by atoms with Gasteiger partial charge in [0.1, 0.15) is 0 Å². The third-order valence-electron chi connectivity index (χ3n) is 3.91. The third kappa shape index (κ3) is 3.11. The summed E-state index contributed by atoms with van der Waals surface area (Å²) in [5.74, 6) is 0.539. The van der Waals surface area contributed by atoms with Crippen LogP contribution in [0.3, 0.4) is 0 Å². The zero-order valence-corrected chi connectivity index (χ0v) is 11.5. The molecule has 6 heteroatoms. The predicted octanol–water partition coefficient (Wildman–Crippen LogP) is 1.63. The summed E-state index contributed by atoms with van der Waals surface area (Å²) in [7, 11) is 0. The molecule has 1 amide bonds. The molecular formula is C15H17N3O3. The van der Waals surface area contributed by atoms with E-state index in [9.17, 15) is 9.90 Å². The van der Waals surface area contributed by atoms with Crippen molar-refractivity contribution < 1.29 is 14.4 Å². The lowest BCUT2D eigenvalue weighted by Crippen LogP contribution is -2.32. The van der Waals surface area contributed by atoms with Crippen LogP contribution in [0, 0.1) is 5.92 Å². The zero-order valence-electron chi connectivity index (χ0n) is 11.5. The van der Waals surface area contributed by atoms with Crippen LogP contribution < -0.4 is 5.32 Å². The highest BCUT2D eigenvalue weighted by atomic mass is 16.5. The maximum atomic E-state index is 12.1. The van der Waals surface area contributed by atoms with Crippen LogP contribution in [0.2, 0.25) is 0 Å². The van der Waals surface area contributed by atoms with Gasteiger partial charge in [-0.1, -0.05) is 23.7 Å². The molecule has 2 unspecified atom stereocenters. The number of aliphatic hydroxyl groups is 1. The van der Waals surface area contributed by atoms with E-state index < -0.39 is 0 Å². The monoisotopic (exact) mass is 287 g/mol. The fraction of sp³-hybridized carbons (Fsp3) is 0.400. The van der Waals surface area contributed by atoms with Gasteiger partial charge in [0, 0.05) is 23.6 Å². The van der Waals surface area contributed by atoms with Gasteiger partial charge in [-0.25, -0.2) is 0 Å². The fourth-order valence-corrected chi connectivity index (χ4v) is 2.65. The number of amides is 1. The summed E-state index contributed by atoms with van der Waals surface area (Å²) < 4.78 is 4.69. The number of nitrogens with zero attached hydrogens (tertiary/aromatic N) is 2. The van der Waals surface area contributed by atoms with Crippen molar-refractivity contribution >= 4 is 5.91 Å². The third-order valence-corrected chi connectivity index (χ3v) is 3.91. The van der Waals surface area contributed by atoms with Crippen LogP contribution in [0.4, 0.5) is 0 Å². The van der Waals surface area contributed by atoms with Gasteiger partial charge in [-0.3, -0.25) is 4.79 Å². The second-order valence-corrected chi connectivity index (χ2v) is 5.30. The van der Waals surface area contributed by atoms with Crippen molar-refractivity contribution in [2.24, 2.45) is 5.92 Å². The summed E-state index contributed by atoms with van der Waals surface area (Å²) in [6.07, 6.45) is 3.81. The van der Waals surface area contributed by atoms with Crippen LogP contribution in [0.5, 0.6) is 0 Å². The lowest BCUT2D eigenvalue weighted by atomic mass is 10.1. The summed E-state index contributed by atoms with van der Waals surface area (Å²) in [4.78, 5) is 16.0. The van der Waals surface area contributed by atoms with Crippen LogP contribution in [0.15, 0.2) is 35.2 Å². The molecule has 2 aromatic rings. The highest BCUT2D eigenvalue weighted by Crippen LogP contribution is 2.24. The first-order valence-corrected chi connectivity index (χ1v) is 7.07. The lowest BCUT2D eigenvalue weighted by Gasteiger charge is -2.15. The predicted molar refractivity (Wildman–Crippen MR) is 75.4 cm³/mol. The van der Waals surface area contributed by atoms with E-state index in [0.717, 1.165) is 24.8 Å². The van der Waals surface area contributed by atoms with Gasteiger partial charge in [0.15, 0.2) is 0 Å². The minimum absolute atomic E-state index is 0.131. The number of carbonyl (C=O) groups is 1. The average Bonchev–Trinajstić information content (AvgIpc) is 3.17. The molecule has 1 aliphatic rings. The average molecular weight is 287 g/mol. The van der Waals surface area contributed by atoms with Gasteiger partial charge >= 0.3 is 0 Å². The molecule has 3 rings (SSSR count). The summed E-state index contributed by atoms with van der Waals surface area (Å²) in [6, 6.07) is 7.02. The van der Waals surface area contributed by atoms with Crippen LogP contribution in [0.1, 0.15) is 29.6 Å². The van der Waals surface area contributed by atoms with E-state index >= 15 is 0 Å². The first-order valence-electron chi connectivity index (χ1n) is 7.07. The van der Waals surface area contributed by atoms with Gasteiger partial charge in [0.25, 0.3) is 5.91 Å². The Labute approximate surface area is 122 Å². The topological polar surface area (TPSA) is 88.2 Å². The first-order chi connectivity index (χ1) is 10.2. The number of carbonyl (C=O) groups excluding carboxylic acids is 1. The normalized spacial score (nSPS) is 21.4. The molecule has 1 fully saturated rings. The van der Waals surface area contributed by atoms with Crippen LogP contribution >= 0.6 is 0 Å². The van der Waals surface area contributed by atoms with Gasteiger partial charge in [-0.2, -0.15) is 4.98 Å². The summed E-state index contributed by atoms with van der Waals surface area (Å²) >= 11 is 0. The van der Waals surface area contributed by atoms with Crippen LogP contribution in [-0.2, 0) is 0 Å². The molecule has 1 aromatic carbocycles. The van der Waals surface area contributed by atoms with Crippen molar-refractivity contribution in [1.82, 2.24) is 15.5 Å². The molecule has 1 heterocycles. The number of rotatable bonds is 4. The molecule has 1 aromatic heterocycles. The molecule has 2 atom stereocenters. The van der Waals surface area contributed by atoms with Gasteiger partial charge in [0.2, 0.25) is 12.2 Å². The summed E-state index contributed by atoms with van der Waals surface area (Å²) in [5, 5.41) is 16.4. The van der Waals surface area contributed by atoms with Crippen molar-refractivity contribution in [2.75, 3.05) is 6.54 Å². The quantitative estimate of drug-likeness (QED) is 0.892. The molecule has 110 valence electrons. The van der Waals surface area contributed by atoms with Crippen molar-refractivity contribution in [3.8, 4) is 11.4 Å². The Morgan fingerprint density at radius 3 is 2.76 bits per heavy atom. The second kappa shape index (κ2) is 6.05. The van der Waals surface area contributed by atoms with E-state index in [-0.39, 0.29) is 17.9 Å². The maximum Gasteiger partial charge on any atom is 0.251 e. The van der Waals surface area contributed by atoms with Gasteiger partial charge < -0.3 is 14.9 Å². The van der Waals surface area contributed by atoms with Gasteiger partial charge in [-0.15, -0.1) is 0 Å². The minimum atomic E-state index is -0.286. The standard InChI is InChI=1S/C15H17N3O3/c19-13-3-1-2-12(13)8-16-15(20)11-6-4-10(5-7-11)14-17-9-21-18-14/h4-7,9,12-13,19H,1-3,8H2,(H,16,20). The van der Waals surface area contributed by atoms with Crippen molar-refractivity contribution in [3.05, 3.63) is 36.2 Å². The first kappa shape index (κ1) is 13.8. The minimum Gasteiger partial charge on any atom is -0.393 e. The van der Waals surface area contributed by atoms with E-state index in [4.69, 9.17) is 0 Å². The SMILES string of the molecule is O=C(NCC1CCCC1O)c1ccc(-c2ncon2)cc1. The Morgan fingerprint density at radius 2 is 2.14 bits per heavy atom. The molecule has 0 radical (unpaired) electrons. The molecule has 21 heavy (non-hydrogen) atoms. The molecule has 1 aliphatic carbocycles. The summed E-state index contributed by atoms with van der Waals surface area (Å²) in [6.45, 7) is 0.520. The number of benzene rings is 1. The fourth-order valence-electron chi connectivity index (χ4n) is 2.65. The summed E-state index contributed by atoms with van der Waals surface area (Å²) in [5.41, 5.74) is 1.38. The highest BCUT2D eigenvalue weighted by molar-refractivity contribution is 5.94. The Hall–Kier alpha value is -2.21. The molecule has 0 bridgehead atoms. The second-order valence-electron chi connectivity index (χ2n) is 5.30. The van der Waals surface area contributed by atoms with Gasteiger partial charge in [-0.05, 0) is 25.0 Å². The number of hydrogen-bond donors (Lipinski definition) is 2. The number of aliphatic hydroxyl groups excluding tert-OH is 1. The Morgan fingerprint density at radius 1 is 1.33 bits per heavy atom. The molecule has 0 spiro atoms. The van der Waals surface area contributed by atoms with Crippen LogP contribution in [-0.4, -0.2) is 33.8 Å². The van der Waals surface area contributed by atoms with Crippen molar-refractivity contribution in [3.63, 3.8) is 0 Å². The Bertz CT molecular complexity index is 595. The molecule has 6 nitrogen and oxygen atoms in total. The zero-order chi connectivity index (χ0) is 14.7. The Kier molecular flexibility index (Phi) is 3.96. The van der Waals surface area contributed by atoms with Gasteiger partial charge in [0.05, 0.1) is 6.10 Å². The highest BCUT2D eigenvalue weighted by Gasteiger charge is 2.25. The van der Waals surface area contributed by atoms with E-state index in [2.05, 4.69) is 20.0 Å². The maximum absolute atomic E-state index is 12.1. The Balaban J connectivity index is 1.60. The largest absolute Gasteiger partial charge is 0.393 e. The molecule has 0 saturated heterocycles. The number of nitrogens with one attached hydrogen (secondary N) is 1.